The highest BCUT2D eigenvalue weighted by Crippen LogP contribution is 2.32. The molecule has 0 heterocycles. The summed E-state index contributed by atoms with van der Waals surface area (Å²) in [4.78, 5) is 0.558. The Kier molecular flexibility index (Phi) is 5.20. The topological polar surface area (TPSA) is 0 Å². The van der Waals surface area contributed by atoms with Crippen LogP contribution < -0.4 is 0 Å². The van der Waals surface area contributed by atoms with Crippen LogP contribution in [-0.4, -0.2) is 4.83 Å². The van der Waals surface area contributed by atoms with Crippen LogP contribution in [0.3, 0.4) is 0 Å². The first kappa shape index (κ1) is 13.7. The quantitative estimate of drug-likeness (QED) is 0.603. The van der Waals surface area contributed by atoms with Crippen molar-refractivity contribution in [2.24, 2.45) is 5.92 Å². The van der Waals surface area contributed by atoms with E-state index >= 15 is 0 Å². The standard InChI is InChI=1S/C14H17BrCl2/c15-12(7-10-3-1-2-4-10)8-11-5-6-13(16)14(17)9-11/h5-6,9-10,12H,1-4,7-8H2. The lowest BCUT2D eigenvalue weighted by Crippen LogP contribution is -2.08. The molecule has 17 heavy (non-hydrogen) atoms. The molecular weight excluding hydrogens is 319 g/mol. The summed E-state index contributed by atoms with van der Waals surface area (Å²) < 4.78 is 0. The van der Waals surface area contributed by atoms with Gasteiger partial charge in [0.1, 0.15) is 0 Å². The van der Waals surface area contributed by atoms with E-state index in [2.05, 4.69) is 22.0 Å². The molecule has 0 N–H and O–H groups in total. The summed E-state index contributed by atoms with van der Waals surface area (Å²) in [6.45, 7) is 0. The summed E-state index contributed by atoms with van der Waals surface area (Å²) in [5.74, 6) is 0.919. The Bertz CT molecular complexity index is 372. The maximum absolute atomic E-state index is 6.02. The van der Waals surface area contributed by atoms with Gasteiger partial charge in [-0.15, -0.1) is 0 Å². The molecule has 1 aromatic carbocycles. The molecule has 0 amide bonds. The van der Waals surface area contributed by atoms with E-state index in [9.17, 15) is 0 Å². The van der Waals surface area contributed by atoms with Crippen LogP contribution in [-0.2, 0) is 6.42 Å². The first-order valence-electron chi connectivity index (χ1n) is 6.23. The molecule has 0 saturated heterocycles. The van der Waals surface area contributed by atoms with Gasteiger partial charge >= 0.3 is 0 Å². The number of hydrogen-bond donors (Lipinski definition) is 0. The van der Waals surface area contributed by atoms with Gasteiger partial charge in [0, 0.05) is 4.83 Å². The second kappa shape index (κ2) is 6.45. The van der Waals surface area contributed by atoms with Gasteiger partial charge in [0.25, 0.3) is 0 Å². The molecule has 1 aromatic rings. The fourth-order valence-electron chi connectivity index (χ4n) is 2.61. The summed E-state index contributed by atoms with van der Waals surface area (Å²) in [6.07, 6.45) is 7.95. The van der Waals surface area contributed by atoms with Crippen LogP contribution in [0.4, 0.5) is 0 Å². The van der Waals surface area contributed by atoms with Crippen molar-refractivity contribution in [1.82, 2.24) is 0 Å². The summed E-state index contributed by atoms with van der Waals surface area (Å²) in [6, 6.07) is 5.93. The van der Waals surface area contributed by atoms with E-state index < -0.39 is 0 Å². The molecule has 0 aromatic heterocycles. The maximum atomic E-state index is 6.02. The molecule has 94 valence electrons. The average Bonchev–Trinajstić information content (AvgIpc) is 2.76. The zero-order valence-electron chi connectivity index (χ0n) is 9.76. The van der Waals surface area contributed by atoms with Crippen molar-refractivity contribution in [2.45, 2.75) is 43.4 Å². The molecule has 1 atom stereocenters. The highest BCUT2D eigenvalue weighted by molar-refractivity contribution is 9.09. The molecule has 1 fully saturated rings. The van der Waals surface area contributed by atoms with Crippen LogP contribution >= 0.6 is 39.1 Å². The summed E-state index contributed by atoms with van der Waals surface area (Å²) in [5.41, 5.74) is 1.26. The summed E-state index contributed by atoms with van der Waals surface area (Å²) >= 11 is 15.7. The van der Waals surface area contributed by atoms with Gasteiger partial charge in [0.15, 0.2) is 0 Å². The normalized spacial score (nSPS) is 18.5. The SMILES string of the molecule is Clc1ccc(CC(Br)CC2CCCC2)cc1Cl. The number of rotatable bonds is 4. The highest BCUT2D eigenvalue weighted by Gasteiger charge is 2.18. The molecule has 0 aliphatic heterocycles. The van der Waals surface area contributed by atoms with Crippen molar-refractivity contribution in [2.75, 3.05) is 0 Å². The molecule has 2 rings (SSSR count). The Labute approximate surface area is 122 Å². The molecule has 0 bridgehead atoms. The lowest BCUT2D eigenvalue weighted by atomic mass is 9.98. The molecule has 3 heteroatoms. The third kappa shape index (κ3) is 4.15. The molecular formula is C14H17BrCl2. The zero-order chi connectivity index (χ0) is 12.3. The number of halogens is 3. The Morgan fingerprint density at radius 3 is 2.53 bits per heavy atom. The molecule has 1 saturated carbocycles. The fourth-order valence-corrected chi connectivity index (χ4v) is 3.84. The smallest absolute Gasteiger partial charge is 0.0595 e. The monoisotopic (exact) mass is 334 g/mol. The molecule has 0 spiro atoms. The lowest BCUT2D eigenvalue weighted by Gasteiger charge is -2.15. The van der Waals surface area contributed by atoms with Crippen molar-refractivity contribution < 1.29 is 0 Å². The molecule has 1 aliphatic carbocycles. The average molecular weight is 336 g/mol. The molecule has 1 unspecified atom stereocenters. The number of benzene rings is 1. The van der Waals surface area contributed by atoms with Crippen molar-refractivity contribution in [3.63, 3.8) is 0 Å². The third-order valence-electron chi connectivity index (χ3n) is 3.51. The van der Waals surface area contributed by atoms with Crippen molar-refractivity contribution in [1.29, 1.82) is 0 Å². The summed E-state index contributed by atoms with van der Waals surface area (Å²) in [7, 11) is 0. The minimum Gasteiger partial charge on any atom is -0.0887 e. The Morgan fingerprint density at radius 1 is 1.18 bits per heavy atom. The van der Waals surface area contributed by atoms with Gasteiger partial charge in [-0.25, -0.2) is 0 Å². The number of alkyl halides is 1. The van der Waals surface area contributed by atoms with E-state index in [4.69, 9.17) is 23.2 Å². The zero-order valence-corrected chi connectivity index (χ0v) is 12.9. The van der Waals surface area contributed by atoms with Crippen LogP contribution in [0.5, 0.6) is 0 Å². The van der Waals surface area contributed by atoms with Gasteiger partial charge in [-0.2, -0.15) is 0 Å². The van der Waals surface area contributed by atoms with Gasteiger partial charge < -0.3 is 0 Å². The van der Waals surface area contributed by atoms with Crippen LogP contribution in [0.25, 0.3) is 0 Å². The second-order valence-electron chi connectivity index (χ2n) is 4.94. The first-order valence-corrected chi connectivity index (χ1v) is 7.90. The Balaban J connectivity index is 1.88. The van der Waals surface area contributed by atoms with Gasteiger partial charge in [-0.3, -0.25) is 0 Å². The van der Waals surface area contributed by atoms with Gasteiger partial charge in [0.05, 0.1) is 10.0 Å². The first-order chi connectivity index (χ1) is 8.15. The predicted octanol–water partition coefficient (Wildman–Crippen LogP) is 5.88. The van der Waals surface area contributed by atoms with Gasteiger partial charge in [-0.05, 0) is 36.5 Å². The second-order valence-corrected chi connectivity index (χ2v) is 7.05. The number of hydrogen-bond acceptors (Lipinski definition) is 0. The Morgan fingerprint density at radius 2 is 1.88 bits per heavy atom. The maximum Gasteiger partial charge on any atom is 0.0595 e. The van der Waals surface area contributed by atoms with E-state index in [1.165, 1.54) is 37.7 Å². The van der Waals surface area contributed by atoms with Crippen LogP contribution in [0.1, 0.15) is 37.7 Å². The van der Waals surface area contributed by atoms with E-state index in [1.54, 1.807) is 0 Å². The van der Waals surface area contributed by atoms with Crippen molar-refractivity contribution in [3.8, 4) is 0 Å². The summed E-state index contributed by atoms with van der Waals surface area (Å²) in [5, 5.41) is 1.29. The molecule has 0 nitrogen and oxygen atoms in total. The van der Waals surface area contributed by atoms with E-state index in [0.717, 1.165) is 12.3 Å². The lowest BCUT2D eigenvalue weighted by molar-refractivity contribution is 0.495. The van der Waals surface area contributed by atoms with Crippen LogP contribution in [0, 0.1) is 5.92 Å². The van der Waals surface area contributed by atoms with Crippen molar-refractivity contribution in [3.05, 3.63) is 33.8 Å². The Hall–Kier alpha value is 0.280. The van der Waals surface area contributed by atoms with E-state index in [1.807, 2.05) is 12.1 Å². The minimum absolute atomic E-state index is 0.558. The minimum atomic E-state index is 0.558. The highest BCUT2D eigenvalue weighted by atomic mass is 79.9. The van der Waals surface area contributed by atoms with Crippen LogP contribution in [0.15, 0.2) is 18.2 Å². The van der Waals surface area contributed by atoms with Gasteiger partial charge in [-0.1, -0.05) is 70.9 Å². The predicted molar refractivity (Wildman–Crippen MR) is 79.5 cm³/mol. The largest absolute Gasteiger partial charge is 0.0887 e. The van der Waals surface area contributed by atoms with Gasteiger partial charge in [0.2, 0.25) is 0 Å². The van der Waals surface area contributed by atoms with Crippen molar-refractivity contribution >= 4 is 39.1 Å². The van der Waals surface area contributed by atoms with Crippen LogP contribution in [0.2, 0.25) is 10.0 Å². The van der Waals surface area contributed by atoms with E-state index in [-0.39, 0.29) is 0 Å². The third-order valence-corrected chi connectivity index (χ3v) is 4.94. The molecule has 0 radical (unpaired) electrons. The molecule has 1 aliphatic rings. The fraction of sp³-hybridized carbons (Fsp3) is 0.571. The van der Waals surface area contributed by atoms with E-state index in [0.29, 0.717) is 14.9 Å².